The maximum absolute atomic E-state index is 5.21. The van der Waals surface area contributed by atoms with Gasteiger partial charge in [0.15, 0.2) is 5.65 Å². The summed E-state index contributed by atoms with van der Waals surface area (Å²) in [6.07, 6.45) is 1.89. The van der Waals surface area contributed by atoms with Gasteiger partial charge in [-0.3, -0.25) is 0 Å². The molecule has 2 aromatic carbocycles. The average Bonchev–Trinajstić information content (AvgIpc) is 2.98. The summed E-state index contributed by atoms with van der Waals surface area (Å²) in [6.45, 7) is 2.70. The smallest absolute Gasteiger partial charge is 0.158 e. The molecule has 0 aliphatic rings. The van der Waals surface area contributed by atoms with E-state index in [4.69, 9.17) is 4.74 Å². The number of benzene rings is 2. The molecule has 4 aromatic rings. The van der Waals surface area contributed by atoms with Gasteiger partial charge < -0.3 is 4.74 Å². The molecule has 2 aromatic heterocycles. The van der Waals surface area contributed by atoms with Crippen LogP contribution >= 0.6 is 0 Å². The molecule has 0 fully saturated rings. The summed E-state index contributed by atoms with van der Waals surface area (Å²) in [5, 5.41) is 5.75. The van der Waals surface area contributed by atoms with Crippen LogP contribution in [0.5, 0.6) is 5.75 Å². The van der Waals surface area contributed by atoms with Gasteiger partial charge in [-0.25, -0.2) is 9.67 Å². The van der Waals surface area contributed by atoms with Crippen molar-refractivity contribution in [1.82, 2.24) is 14.8 Å². The fraction of sp³-hybridized carbons (Fsp3) is 0.143. The highest BCUT2D eigenvalue weighted by atomic mass is 16.5. The standard InChI is InChI=1S/C21H18N3O/c1-15-20-12-18(17-6-4-3-5-7-17)13-22-21(20)24(23-15)14-16-8-10-19(25-2)11-9-16/h3-6,8-13H,14H2,1-2H3. The second-order valence-electron chi connectivity index (χ2n) is 5.96. The molecule has 4 nitrogen and oxygen atoms in total. The van der Waals surface area contributed by atoms with Crippen molar-refractivity contribution in [1.29, 1.82) is 0 Å². The quantitative estimate of drug-likeness (QED) is 0.562. The lowest BCUT2D eigenvalue weighted by Crippen LogP contribution is -2.02. The van der Waals surface area contributed by atoms with Crippen LogP contribution in [0.15, 0.2) is 60.8 Å². The van der Waals surface area contributed by atoms with Gasteiger partial charge in [0.2, 0.25) is 0 Å². The highest BCUT2D eigenvalue weighted by Gasteiger charge is 2.11. The van der Waals surface area contributed by atoms with Crippen molar-refractivity contribution in [3.63, 3.8) is 0 Å². The number of fused-ring (bicyclic) bond motifs is 1. The minimum Gasteiger partial charge on any atom is -0.497 e. The Morgan fingerprint density at radius 1 is 1.12 bits per heavy atom. The highest BCUT2D eigenvalue weighted by Crippen LogP contribution is 2.24. The van der Waals surface area contributed by atoms with Crippen LogP contribution in [0.2, 0.25) is 0 Å². The molecule has 4 rings (SSSR count). The van der Waals surface area contributed by atoms with Crippen molar-refractivity contribution in [2.45, 2.75) is 13.5 Å². The van der Waals surface area contributed by atoms with Gasteiger partial charge in [0.1, 0.15) is 5.75 Å². The molecule has 0 saturated heterocycles. The Hall–Kier alpha value is -3.14. The maximum Gasteiger partial charge on any atom is 0.158 e. The monoisotopic (exact) mass is 328 g/mol. The van der Waals surface area contributed by atoms with Crippen LogP contribution in [-0.2, 0) is 6.54 Å². The van der Waals surface area contributed by atoms with E-state index >= 15 is 0 Å². The van der Waals surface area contributed by atoms with Gasteiger partial charge >= 0.3 is 0 Å². The van der Waals surface area contributed by atoms with Crippen molar-refractivity contribution in [3.8, 4) is 16.9 Å². The lowest BCUT2D eigenvalue weighted by molar-refractivity contribution is 0.414. The Labute approximate surface area is 146 Å². The van der Waals surface area contributed by atoms with Gasteiger partial charge in [-0.2, -0.15) is 5.10 Å². The van der Waals surface area contributed by atoms with Gasteiger partial charge in [-0.15, -0.1) is 0 Å². The highest BCUT2D eigenvalue weighted by molar-refractivity contribution is 5.83. The second-order valence-corrected chi connectivity index (χ2v) is 5.96. The predicted molar refractivity (Wildman–Crippen MR) is 98.6 cm³/mol. The van der Waals surface area contributed by atoms with Crippen molar-refractivity contribution >= 4 is 11.0 Å². The zero-order valence-corrected chi connectivity index (χ0v) is 14.2. The third-order valence-electron chi connectivity index (χ3n) is 4.28. The number of rotatable bonds is 4. The number of hydrogen-bond donors (Lipinski definition) is 0. The van der Waals surface area contributed by atoms with Gasteiger partial charge in [0.25, 0.3) is 0 Å². The summed E-state index contributed by atoms with van der Waals surface area (Å²) >= 11 is 0. The van der Waals surface area contributed by atoms with E-state index in [1.165, 1.54) is 0 Å². The molecule has 1 radical (unpaired) electrons. The second kappa shape index (κ2) is 6.40. The van der Waals surface area contributed by atoms with Crippen LogP contribution in [0.1, 0.15) is 11.3 Å². The van der Waals surface area contributed by atoms with E-state index in [9.17, 15) is 0 Å². The minimum atomic E-state index is 0.679. The van der Waals surface area contributed by atoms with Crippen LogP contribution in [0, 0.1) is 13.0 Å². The van der Waals surface area contributed by atoms with E-state index in [1.807, 2.05) is 54.2 Å². The topological polar surface area (TPSA) is 39.9 Å². The fourth-order valence-corrected chi connectivity index (χ4v) is 2.95. The summed E-state index contributed by atoms with van der Waals surface area (Å²) in [7, 11) is 1.67. The molecule has 25 heavy (non-hydrogen) atoms. The van der Waals surface area contributed by atoms with E-state index in [1.54, 1.807) is 7.11 Å². The first-order chi connectivity index (χ1) is 12.2. The molecule has 0 N–H and O–H groups in total. The minimum absolute atomic E-state index is 0.679. The molecular weight excluding hydrogens is 310 g/mol. The Morgan fingerprint density at radius 3 is 2.68 bits per heavy atom. The number of aromatic nitrogens is 3. The first-order valence-electron chi connectivity index (χ1n) is 8.18. The Balaban J connectivity index is 1.71. The Morgan fingerprint density at radius 2 is 1.96 bits per heavy atom. The first kappa shape index (κ1) is 15.4. The number of pyridine rings is 1. The largest absolute Gasteiger partial charge is 0.497 e. The van der Waals surface area contributed by atoms with Crippen molar-refractivity contribution < 1.29 is 4.74 Å². The third kappa shape index (κ3) is 2.98. The van der Waals surface area contributed by atoms with Gasteiger partial charge in [0.05, 0.1) is 19.3 Å². The lowest BCUT2D eigenvalue weighted by atomic mass is 10.1. The summed E-state index contributed by atoms with van der Waals surface area (Å²) in [6, 6.07) is 21.3. The van der Waals surface area contributed by atoms with E-state index in [-0.39, 0.29) is 0 Å². The molecule has 123 valence electrons. The molecule has 0 aliphatic carbocycles. The number of aryl methyl sites for hydroxylation is 1. The number of ether oxygens (including phenoxy) is 1. The molecule has 0 saturated carbocycles. The van der Waals surface area contributed by atoms with Crippen LogP contribution in [0.25, 0.3) is 22.2 Å². The number of nitrogens with zero attached hydrogens (tertiary/aromatic N) is 3. The summed E-state index contributed by atoms with van der Waals surface area (Å²) < 4.78 is 7.16. The van der Waals surface area contributed by atoms with Crippen LogP contribution in [0.3, 0.4) is 0 Å². The molecular formula is C21H18N3O. The zero-order chi connectivity index (χ0) is 17.2. The van der Waals surface area contributed by atoms with Crippen LogP contribution in [0.4, 0.5) is 0 Å². The van der Waals surface area contributed by atoms with Gasteiger partial charge in [-0.1, -0.05) is 36.4 Å². The molecule has 4 heteroatoms. The zero-order valence-electron chi connectivity index (χ0n) is 14.2. The van der Waals surface area contributed by atoms with Gasteiger partial charge in [-0.05, 0) is 42.3 Å². The van der Waals surface area contributed by atoms with Crippen molar-refractivity contribution in [2.24, 2.45) is 0 Å². The Kier molecular flexibility index (Phi) is 3.94. The number of hydrogen-bond acceptors (Lipinski definition) is 3. The maximum atomic E-state index is 5.21. The lowest BCUT2D eigenvalue weighted by Gasteiger charge is -2.05. The summed E-state index contributed by atoms with van der Waals surface area (Å²) in [4.78, 5) is 4.66. The predicted octanol–water partition coefficient (Wildman–Crippen LogP) is 4.26. The average molecular weight is 328 g/mol. The molecule has 0 amide bonds. The van der Waals surface area contributed by atoms with E-state index in [2.05, 4.69) is 34.3 Å². The van der Waals surface area contributed by atoms with E-state index in [0.29, 0.717) is 6.54 Å². The van der Waals surface area contributed by atoms with Crippen molar-refractivity contribution in [2.75, 3.05) is 7.11 Å². The van der Waals surface area contributed by atoms with E-state index < -0.39 is 0 Å². The van der Waals surface area contributed by atoms with E-state index in [0.717, 1.165) is 39.2 Å². The molecule has 0 spiro atoms. The third-order valence-corrected chi connectivity index (χ3v) is 4.28. The Bertz CT molecular complexity index is 1000. The summed E-state index contributed by atoms with van der Waals surface area (Å²) in [5.41, 5.74) is 5.13. The normalized spacial score (nSPS) is 11.0. The fourth-order valence-electron chi connectivity index (χ4n) is 2.95. The number of methoxy groups -OCH3 is 1. The SMILES string of the molecule is COc1ccc(Cn2nc(C)c3cc(-c4[c]cccc4)cnc32)cc1. The molecule has 0 bridgehead atoms. The van der Waals surface area contributed by atoms with Crippen LogP contribution < -0.4 is 4.74 Å². The molecule has 0 aliphatic heterocycles. The van der Waals surface area contributed by atoms with Crippen molar-refractivity contribution in [3.05, 3.63) is 78.1 Å². The molecule has 0 atom stereocenters. The first-order valence-corrected chi connectivity index (χ1v) is 8.18. The molecule has 0 unspecified atom stereocenters. The van der Waals surface area contributed by atoms with Crippen LogP contribution in [-0.4, -0.2) is 21.9 Å². The summed E-state index contributed by atoms with van der Waals surface area (Å²) in [5.74, 6) is 0.854. The molecule has 2 heterocycles. The van der Waals surface area contributed by atoms with Gasteiger partial charge in [0, 0.05) is 17.1 Å².